The Kier molecular flexibility index (Phi) is 5.47. The molecule has 0 radical (unpaired) electrons. The van der Waals surface area contributed by atoms with Gasteiger partial charge in [0.15, 0.2) is 0 Å². The lowest BCUT2D eigenvalue weighted by atomic mass is 10.1. The van der Waals surface area contributed by atoms with Crippen molar-refractivity contribution in [3.63, 3.8) is 0 Å². The number of benzene rings is 2. The molecule has 0 saturated carbocycles. The maximum absolute atomic E-state index is 12.5. The largest absolute Gasteiger partial charge is 0.321 e. The lowest BCUT2D eigenvalue weighted by Gasteiger charge is -2.14. The standard InChI is InChI=1S/C24H23N3O/c1-16-9-8-12-23(18(16)3)27-17(2)13-20(19(27)4)14-21(15-25)24(28)26-22-10-6-5-7-11-22/h5-14H,1-4H3,(H,26,28)/b21-14+. The lowest BCUT2D eigenvalue weighted by Crippen LogP contribution is -2.13. The van der Waals surface area contributed by atoms with Gasteiger partial charge in [0.1, 0.15) is 11.6 Å². The first-order valence-corrected chi connectivity index (χ1v) is 9.16. The van der Waals surface area contributed by atoms with Crippen molar-refractivity contribution in [3.05, 3.63) is 88.2 Å². The van der Waals surface area contributed by atoms with Gasteiger partial charge in [-0.2, -0.15) is 5.26 Å². The third-order valence-corrected chi connectivity index (χ3v) is 4.98. The molecule has 28 heavy (non-hydrogen) atoms. The predicted octanol–water partition coefficient (Wildman–Crippen LogP) is 5.26. The molecule has 0 aliphatic heterocycles. The number of aryl methyl sites for hydroxylation is 2. The Morgan fingerprint density at radius 3 is 2.43 bits per heavy atom. The van der Waals surface area contributed by atoms with Gasteiger partial charge in [0.05, 0.1) is 0 Å². The number of carbonyl (C=O) groups is 1. The van der Waals surface area contributed by atoms with E-state index in [1.807, 2.05) is 50.2 Å². The summed E-state index contributed by atoms with van der Waals surface area (Å²) in [5.74, 6) is -0.412. The first kappa shape index (κ1) is 19.2. The van der Waals surface area contributed by atoms with E-state index in [-0.39, 0.29) is 5.57 Å². The van der Waals surface area contributed by atoms with Gasteiger partial charge in [-0.15, -0.1) is 0 Å². The number of nitrogens with one attached hydrogen (secondary N) is 1. The minimum Gasteiger partial charge on any atom is -0.321 e. The maximum Gasteiger partial charge on any atom is 0.266 e. The Morgan fingerprint density at radius 1 is 1.04 bits per heavy atom. The fraction of sp³-hybridized carbons (Fsp3) is 0.167. The van der Waals surface area contributed by atoms with Gasteiger partial charge in [0, 0.05) is 22.8 Å². The SMILES string of the molecule is Cc1cccc(-n2c(C)cc(/C=C(\C#N)C(=O)Nc3ccccc3)c2C)c1C. The zero-order chi connectivity index (χ0) is 20.3. The van der Waals surface area contributed by atoms with Gasteiger partial charge in [-0.3, -0.25) is 4.79 Å². The van der Waals surface area contributed by atoms with E-state index in [2.05, 4.69) is 35.9 Å². The molecule has 2 aromatic carbocycles. The minimum absolute atomic E-state index is 0.0741. The maximum atomic E-state index is 12.5. The Morgan fingerprint density at radius 2 is 1.75 bits per heavy atom. The van der Waals surface area contributed by atoms with Crippen molar-refractivity contribution in [1.82, 2.24) is 4.57 Å². The minimum atomic E-state index is -0.412. The van der Waals surface area contributed by atoms with E-state index in [0.29, 0.717) is 5.69 Å². The molecule has 3 aromatic rings. The van der Waals surface area contributed by atoms with Crippen molar-refractivity contribution in [1.29, 1.82) is 5.26 Å². The van der Waals surface area contributed by atoms with E-state index >= 15 is 0 Å². The number of aromatic nitrogens is 1. The molecule has 0 saturated heterocycles. The quantitative estimate of drug-likeness (QED) is 0.504. The summed E-state index contributed by atoms with van der Waals surface area (Å²) < 4.78 is 2.16. The number of hydrogen-bond acceptors (Lipinski definition) is 2. The van der Waals surface area contributed by atoms with E-state index in [1.165, 1.54) is 11.1 Å². The normalized spacial score (nSPS) is 11.2. The van der Waals surface area contributed by atoms with Crippen molar-refractivity contribution in [2.24, 2.45) is 0 Å². The summed E-state index contributed by atoms with van der Waals surface area (Å²) in [7, 11) is 0. The second kappa shape index (κ2) is 7.98. The Bertz CT molecular complexity index is 1100. The van der Waals surface area contributed by atoms with Gasteiger partial charge in [-0.05, 0) is 74.7 Å². The predicted molar refractivity (Wildman–Crippen MR) is 113 cm³/mol. The molecule has 1 amide bonds. The number of carbonyl (C=O) groups excluding carboxylic acids is 1. The van der Waals surface area contributed by atoms with Crippen LogP contribution in [0.4, 0.5) is 5.69 Å². The number of rotatable bonds is 4. The molecular weight excluding hydrogens is 346 g/mol. The highest BCUT2D eigenvalue weighted by molar-refractivity contribution is 6.09. The number of para-hydroxylation sites is 1. The van der Waals surface area contributed by atoms with Crippen LogP contribution < -0.4 is 5.32 Å². The first-order chi connectivity index (χ1) is 13.4. The fourth-order valence-corrected chi connectivity index (χ4v) is 3.31. The van der Waals surface area contributed by atoms with Crippen molar-refractivity contribution < 1.29 is 4.79 Å². The highest BCUT2D eigenvalue weighted by Gasteiger charge is 2.15. The zero-order valence-electron chi connectivity index (χ0n) is 16.6. The molecule has 0 unspecified atom stereocenters. The van der Waals surface area contributed by atoms with Gasteiger partial charge in [0.2, 0.25) is 0 Å². The van der Waals surface area contributed by atoms with Crippen LogP contribution >= 0.6 is 0 Å². The third kappa shape index (κ3) is 3.74. The highest BCUT2D eigenvalue weighted by Crippen LogP contribution is 2.26. The Labute approximate surface area is 165 Å². The number of nitriles is 1. The van der Waals surface area contributed by atoms with Crippen LogP contribution in [0.15, 0.2) is 60.2 Å². The third-order valence-electron chi connectivity index (χ3n) is 4.98. The lowest BCUT2D eigenvalue weighted by molar-refractivity contribution is -0.112. The van der Waals surface area contributed by atoms with E-state index in [9.17, 15) is 10.1 Å². The Hall–Kier alpha value is -3.58. The van der Waals surface area contributed by atoms with E-state index in [4.69, 9.17) is 0 Å². The molecule has 0 fully saturated rings. The molecule has 1 N–H and O–H groups in total. The Balaban J connectivity index is 1.99. The van der Waals surface area contributed by atoms with E-state index in [1.54, 1.807) is 18.2 Å². The van der Waals surface area contributed by atoms with Gasteiger partial charge < -0.3 is 9.88 Å². The molecule has 140 valence electrons. The van der Waals surface area contributed by atoms with Crippen LogP contribution in [-0.2, 0) is 4.79 Å². The average Bonchev–Trinajstić information content (AvgIpc) is 2.96. The van der Waals surface area contributed by atoms with E-state index < -0.39 is 5.91 Å². The van der Waals surface area contributed by atoms with Crippen LogP contribution in [0.3, 0.4) is 0 Å². The summed E-state index contributed by atoms with van der Waals surface area (Å²) in [5, 5.41) is 12.3. The van der Waals surface area contributed by atoms with Crippen molar-refractivity contribution in [2.75, 3.05) is 5.32 Å². The summed E-state index contributed by atoms with van der Waals surface area (Å²) >= 11 is 0. The second-order valence-electron chi connectivity index (χ2n) is 6.87. The smallest absolute Gasteiger partial charge is 0.266 e. The molecule has 0 bridgehead atoms. The molecular formula is C24H23N3O. The number of amides is 1. The van der Waals surface area contributed by atoms with Gasteiger partial charge in [-0.25, -0.2) is 0 Å². The molecule has 1 heterocycles. The van der Waals surface area contributed by atoms with Crippen LogP contribution in [-0.4, -0.2) is 10.5 Å². The molecule has 0 atom stereocenters. The average molecular weight is 369 g/mol. The van der Waals surface area contributed by atoms with Crippen LogP contribution in [0, 0.1) is 39.0 Å². The molecule has 4 nitrogen and oxygen atoms in total. The summed E-state index contributed by atoms with van der Waals surface area (Å²) in [4.78, 5) is 12.5. The van der Waals surface area contributed by atoms with Gasteiger partial charge in [0.25, 0.3) is 5.91 Å². The van der Waals surface area contributed by atoms with Gasteiger partial charge >= 0.3 is 0 Å². The molecule has 0 spiro atoms. The van der Waals surface area contributed by atoms with Gasteiger partial charge in [-0.1, -0.05) is 30.3 Å². The molecule has 1 aromatic heterocycles. The molecule has 0 aliphatic rings. The monoisotopic (exact) mass is 369 g/mol. The first-order valence-electron chi connectivity index (χ1n) is 9.16. The van der Waals surface area contributed by atoms with Crippen LogP contribution in [0.2, 0.25) is 0 Å². The summed E-state index contributed by atoms with van der Waals surface area (Å²) in [6, 6.07) is 19.4. The molecule has 3 rings (SSSR count). The van der Waals surface area contributed by atoms with Crippen LogP contribution in [0.25, 0.3) is 11.8 Å². The number of nitrogens with zero attached hydrogens (tertiary/aromatic N) is 2. The second-order valence-corrected chi connectivity index (χ2v) is 6.87. The summed E-state index contributed by atoms with van der Waals surface area (Å²) in [5.41, 5.74) is 7.19. The van der Waals surface area contributed by atoms with Crippen molar-refractivity contribution >= 4 is 17.7 Å². The number of hydrogen-bond donors (Lipinski definition) is 1. The number of anilines is 1. The van der Waals surface area contributed by atoms with E-state index in [0.717, 1.165) is 22.6 Å². The summed E-state index contributed by atoms with van der Waals surface area (Å²) in [6.07, 6.45) is 1.65. The highest BCUT2D eigenvalue weighted by atomic mass is 16.1. The van der Waals surface area contributed by atoms with Crippen LogP contribution in [0.1, 0.15) is 28.1 Å². The molecule has 4 heteroatoms. The molecule has 0 aliphatic carbocycles. The van der Waals surface area contributed by atoms with Crippen molar-refractivity contribution in [2.45, 2.75) is 27.7 Å². The fourth-order valence-electron chi connectivity index (χ4n) is 3.31. The topological polar surface area (TPSA) is 57.8 Å². The van der Waals surface area contributed by atoms with Crippen LogP contribution in [0.5, 0.6) is 0 Å². The summed E-state index contributed by atoms with van der Waals surface area (Å²) in [6.45, 7) is 8.23. The zero-order valence-corrected chi connectivity index (χ0v) is 16.6. The van der Waals surface area contributed by atoms with Crippen molar-refractivity contribution in [3.8, 4) is 11.8 Å².